The Morgan fingerprint density at radius 3 is 2.15 bits per heavy atom. The van der Waals surface area contributed by atoms with Crippen LogP contribution in [0.5, 0.6) is 0 Å². The lowest BCUT2D eigenvalue weighted by molar-refractivity contribution is -0.349. The summed E-state index contributed by atoms with van der Waals surface area (Å²) in [5.74, 6) is 0. The van der Waals surface area contributed by atoms with E-state index < -0.39 is 0 Å². The van der Waals surface area contributed by atoms with Crippen LogP contribution in [-0.4, -0.2) is 19.4 Å². The van der Waals surface area contributed by atoms with Crippen molar-refractivity contribution in [1.29, 1.82) is 0 Å². The summed E-state index contributed by atoms with van der Waals surface area (Å²) in [6, 6.07) is 7.55. The van der Waals surface area contributed by atoms with Gasteiger partial charge in [0, 0.05) is 5.69 Å². The maximum absolute atomic E-state index is 5.55. The molecule has 1 rings (SSSR count). The van der Waals surface area contributed by atoms with E-state index >= 15 is 0 Å². The molecule has 0 amide bonds. The van der Waals surface area contributed by atoms with Gasteiger partial charge < -0.3 is 5.73 Å². The van der Waals surface area contributed by atoms with Gasteiger partial charge in [-0.25, -0.2) is 0 Å². The Balaban J connectivity index is 2.58. The van der Waals surface area contributed by atoms with Gasteiger partial charge in [-0.15, -0.1) is 0 Å². The lowest BCUT2D eigenvalue weighted by Crippen LogP contribution is -2.20. The topological polar surface area (TPSA) is 47.7 Å². The highest BCUT2D eigenvalue weighted by molar-refractivity contribution is 5.39. The van der Waals surface area contributed by atoms with Crippen molar-refractivity contribution < 1.29 is 9.68 Å². The minimum Gasteiger partial charge on any atom is -0.399 e. The highest BCUT2D eigenvalue weighted by Crippen LogP contribution is 2.08. The standard InChI is InChI=1S/C9H14N2O2/c1-12-11(13-2)7-8-3-5-9(10)6-4-8/h3-6H,7,10H2,1-2H3. The minimum absolute atomic E-state index is 0.577. The second kappa shape index (κ2) is 4.81. The Bertz CT molecular complexity index is 244. The average Bonchev–Trinajstić information content (AvgIpc) is 2.17. The first kappa shape index (κ1) is 9.98. The van der Waals surface area contributed by atoms with Crippen LogP contribution < -0.4 is 5.73 Å². The Morgan fingerprint density at radius 1 is 1.15 bits per heavy atom. The van der Waals surface area contributed by atoms with Gasteiger partial charge in [-0.3, -0.25) is 9.68 Å². The van der Waals surface area contributed by atoms with E-state index in [1.54, 1.807) is 14.2 Å². The van der Waals surface area contributed by atoms with E-state index in [1.165, 1.54) is 5.23 Å². The fraction of sp³-hybridized carbons (Fsp3) is 0.333. The molecule has 4 nitrogen and oxygen atoms in total. The van der Waals surface area contributed by atoms with Crippen LogP contribution in [-0.2, 0) is 16.2 Å². The minimum atomic E-state index is 0.577. The zero-order chi connectivity index (χ0) is 9.68. The number of rotatable bonds is 4. The molecule has 0 saturated heterocycles. The third-order valence-corrected chi connectivity index (χ3v) is 1.70. The third-order valence-electron chi connectivity index (χ3n) is 1.70. The fourth-order valence-corrected chi connectivity index (χ4v) is 0.976. The molecule has 2 N–H and O–H groups in total. The smallest absolute Gasteiger partial charge is 0.0767 e. The monoisotopic (exact) mass is 182 g/mol. The summed E-state index contributed by atoms with van der Waals surface area (Å²) in [4.78, 5) is 9.83. The number of nitrogen functional groups attached to an aromatic ring is 1. The maximum Gasteiger partial charge on any atom is 0.0767 e. The van der Waals surface area contributed by atoms with Gasteiger partial charge in [-0.05, 0) is 17.7 Å². The average molecular weight is 182 g/mol. The van der Waals surface area contributed by atoms with Crippen LogP contribution >= 0.6 is 0 Å². The molecule has 1 aromatic carbocycles. The van der Waals surface area contributed by atoms with Gasteiger partial charge in [0.2, 0.25) is 0 Å². The molecule has 0 spiro atoms. The van der Waals surface area contributed by atoms with E-state index in [1.807, 2.05) is 24.3 Å². The van der Waals surface area contributed by atoms with Crippen molar-refractivity contribution in [2.45, 2.75) is 6.54 Å². The highest BCUT2D eigenvalue weighted by Gasteiger charge is 2.01. The van der Waals surface area contributed by atoms with Crippen molar-refractivity contribution >= 4 is 5.69 Å². The van der Waals surface area contributed by atoms with E-state index in [4.69, 9.17) is 15.4 Å². The van der Waals surface area contributed by atoms with Crippen LogP contribution in [0.15, 0.2) is 24.3 Å². The van der Waals surface area contributed by atoms with Gasteiger partial charge in [0.25, 0.3) is 0 Å². The van der Waals surface area contributed by atoms with Crippen molar-refractivity contribution in [3.8, 4) is 0 Å². The second-order valence-electron chi connectivity index (χ2n) is 2.60. The van der Waals surface area contributed by atoms with Crippen LogP contribution in [0, 0.1) is 0 Å². The summed E-state index contributed by atoms with van der Waals surface area (Å²) in [6.45, 7) is 0.577. The first-order chi connectivity index (χ1) is 6.26. The lowest BCUT2D eigenvalue weighted by Gasteiger charge is -2.15. The molecule has 0 aliphatic carbocycles. The van der Waals surface area contributed by atoms with E-state index in [2.05, 4.69) is 0 Å². The zero-order valence-electron chi connectivity index (χ0n) is 7.86. The molecule has 0 radical (unpaired) electrons. The predicted molar refractivity (Wildman–Crippen MR) is 50.4 cm³/mol. The van der Waals surface area contributed by atoms with Crippen molar-refractivity contribution in [3.63, 3.8) is 0 Å². The number of hydrogen-bond donors (Lipinski definition) is 1. The summed E-state index contributed by atoms with van der Waals surface area (Å²) in [7, 11) is 3.11. The summed E-state index contributed by atoms with van der Waals surface area (Å²) < 4.78 is 0. The van der Waals surface area contributed by atoms with Crippen LogP contribution in [0.3, 0.4) is 0 Å². The number of nitrogens with zero attached hydrogens (tertiary/aromatic N) is 1. The highest BCUT2D eigenvalue weighted by atomic mass is 16.9. The van der Waals surface area contributed by atoms with Gasteiger partial charge in [-0.2, -0.15) is 0 Å². The molecule has 72 valence electrons. The molecule has 0 saturated carbocycles. The first-order valence-electron chi connectivity index (χ1n) is 3.96. The van der Waals surface area contributed by atoms with Gasteiger partial charge in [0.15, 0.2) is 0 Å². The van der Waals surface area contributed by atoms with E-state index in [-0.39, 0.29) is 0 Å². The molecular formula is C9H14N2O2. The molecule has 1 aromatic rings. The second-order valence-corrected chi connectivity index (χ2v) is 2.60. The summed E-state index contributed by atoms with van der Waals surface area (Å²) >= 11 is 0. The van der Waals surface area contributed by atoms with E-state index in [9.17, 15) is 0 Å². The predicted octanol–water partition coefficient (Wildman–Crippen LogP) is 1.19. The van der Waals surface area contributed by atoms with E-state index in [0.29, 0.717) is 6.54 Å². The zero-order valence-corrected chi connectivity index (χ0v) is 7.86. The molecule has 0 heterocycles. The SMILES string of the molecule is CON(Cc1ccc(N)cc1)OC. The van der Waals surface area contributed by atoms with Crippen LogP contribution in [0.1, 0.15) is 5.56 Å². The summed E-state index contributed by atoms with van der Waals surface area (Å²) in [5.41, 5.74) is 7.38. The Labute approximate surface area is 77.8 Å². The molecule has 0 fully saturated rings. The molecule has 0 bridgehead atoms. The van der Waals surface area contributed by atoms with Gasteiger partial charge in [0.1, 0.15) is 0 Å². The summed E-state index contributed by atoms with van der Waals surface area (Å²) in [6.07, 6.45) is 0. The Morgan fingerprint density at radius 2 is 1.69 bits per heavy atom. The first-order valence-corrected chi connectivity index (χ1v) is 3.96. The molecule has 0 aromatic heterocycles. The number of benzene rings is 1. The number of hydroxylamine groups is 2. The maximum atomic E-state index is 5.55. The van der Waals surface area contributed by atoms with E-state index in [0.717, 1.165) is 11.3 Å². The van der Waals surface area contributed by atoms with Gasteiger partial charge in [0.05, 0.1) is 20.8 Å². The quantitative estimate of drug-likeness (QED) is 0.561. The van der Waals surface area contributed by atoms with Gasteiger partial charge >= 0.3 is 0 Å². The fourth-order valence-electron chi connectivity index (χ4n) is 0.976. The summed E-state index contributed by atoms with van der Waals surface area (Å²) in [5, 5.41) is 1.38. The van der Waals surface area contributed by atoms with Crippen LogP contribution in [0.4, 0.5) is 5.69 Å². The molecule has 0 aliphatic rings. The van der Waals surface area contributed by atoms with Crippen LogP contribution in [0.25, 0.3) is 0 Å². The number of anilines is 1. The Kier molecular flexibility index (Phi) is 3.70. The normalized spacial score (nSPS) is 10.7. The van der Waals surface area contributed by atoms with Gasteiger partial charge in [-0.1, -0.05) is 17.4 Å². The Hall–Kier alpha value is -1.10. The lowest BCUT2D eigenvalue weighted by atomic mass is 10.2. The molecule has 0 aliphatic heterocycles. The molecule has 0 atom stereocenters. The van der Waals surface area contributed by atoms with Crippen molar-refractivity contribution in [2.24, 2.45) is 0 Å². The van der Waals surface area contributed by atoms with Crippen LogP contribution in [0.2, 0.25) is 0 Å². The molecule has 0 unspecified atom stereocenters. The molecular weight excluding hydrogens is 168 g/mol. The molecule has 13 heavy (non-hydrogen) atoms. The van der Waals surface area contributed by atoms with Crippen molar-refractivity contribution in [2.75, 3.05) is 20.0 Å². The third kappa shape index (κ3) is 3.02. The van der Waals surface area contributed by atoms with Crippen molar-refractivity contribution in [3.05, 3.63) is 29.8 Å². The van der Waals surface area contributed by atoms with Crippen molar-refractivity contribution in [1.82, 2.24) is 5.23 Å². The number of hydrogen-bond acceptors (Lipinski definition) is 4. The molecule has 4 heteroatoms. The largest absolute Gasteiger partial charge is 0.399 e. The number of nitrogens with two attached hydrogens (primary N) is 1.